The predicted molar refractivity (Wildman–Crippen MR) is 128 cm³/mol. The number of nitrogens with one attached hydrogen (secondary N) is 1. The lowest BCUT2D eigenvalue weighted by Gasteiger charge is -2.27. The van der Waals surface area contributed by atoms with Crippen molar-refractivity contribution in [1.29, 1.82) is 0 Å². The molecule has 32 heavy (non-hydrogen) atoms. The quantitative estimate of drug-likeness (QED) is 0.421. The molecule has 0 aliphatic heterocycles. The first-order valence-corrected chi connectivity index (χ1v) is 11.6. The van der Waals surface area contributed by atoms with Gasteiger partial charge in [-0.3, -0.25) is 9.59 Å². The molecule has 0 aromatic heterocycles. The monoisotopic (exact) mass is 438 g/mol. The molecule has 4 N–H and O–H groups in total. The SMILES string of the molecule is CCOc1ccc(C(=O)Nc2c(C3CCCCC3)ccc(C(C)CCC(=O)O)c2N)cc1. The number of carboxylic acids is 1. The zero-order valence-corrected chi connectivity index (χ0v) is 19.0. The number of aliphatic carboxylic acids is 1. The van der Waals surface area contributed by atoms with Crippen molar-refractivity contribution in [2.24, 2.45) is 0 Å². The van der Waals surface area contributed by atoms with E-state index in [4.69, 9.17) is 15.6 Å². The maximum absolute atomic E-state index is 13.1. The third-order valence-corrected chi connectivity index (χ3v) is 6.34. The molecule has 2 aromatic rings. The van der Waals surface area contributed by atoms with Gasteiger partial charge in [0.25, 0.3) is 5.91 Å². The van der Waals surface area contributed by atoms with Gasteiger partial charge in [0.1, 0.15) is 5.75 Å². The molecule has 1 saturated carbocycles. The largest absolute Gasteiger partial charge is 0.494 e. The van der Waals surface area contributed by atoms with Gasteiger partial charge >= 0.3 is 5.97 Å². The van der Waals surface area contributed by atoms with Crippen molar-refractivity contribution in [2.45, 2.75) is 70.6 Å². The van der Waals surface area contributed by atoms with Gasteiger partial charge in [-0.05, 0) is 73.4 Å². The van der Waals surface area contributed by atoms with Crippen LogP contribution in [0.2, 0.25) is 0 Å². The Labute approximate surface area is 190 Å². The molecule has 0 bridgehead atoms. The third-order valence-electron chi connectivity index (χ3n) is 6.34. The number of hydrogen-bond donors (Lipinski definition) is 3. The summed E-state index contributed by atoms with van der Waals surface area (Å²) in [5.41, 5.74) is 10.3. The van der Waals surface area contributed by atoms with Gasteiger partial charge in [-0.25, -0.2) is 0 Å². The molecule has 1 unspecified atom stereocenters. The van der Waals surface area contributed by atoms with Crippen LogP contribution < -0.4 is 15.8 Å². The molecular weight excluding hydrogens is 404 g/mol. The van der Waals surface area contributed by atoms with Gasteiger partial charge in [-0.15, -0.1) is 0 Å². The zero-order chi connectivity index (χ0) is 23.1. The van der Waals surface area contributed by atoms with E-state index in [0.717, 1.165) is 29.7 Å². The Morgan fingerprint density at radius 3 is 2.44 bits per heavy atom. The molecular formula is C26H34N2O4. The fraction of sp³-hybridized carbons (Fsp3) is 0.462. The summed E-state index contributed by atoms with van der Waals surface area (Å²) in [4.78, 5) is 24.1. The Hall–Kier alpha value is -3.02. The standard InChI is InChI=1S/C26H34N2O4/c1-3-32-20-12-10-19(11-13-20)26(31)28-25-22(18-7-5-4-6-8-18)15-14-21(24(25)27)17(2)9-16-23(29)30/h10-15,17-18H,3-9,16,27H2,1-2H3,(H,28,31)(H,29,30). The van der Waals surface area contributed by atoms with Crippen LogP contribution in [0.5, 0.6) is 5.75 Å². The van der Waals surface area contributed by atoms with Gasteiger partial charge in [0.15, 0.2) is 0 Å². The van der Waals surface area contributed by atoms with Gasteiger partial charge in [0.2, 0.25) is 0 Å². The van der Waals surface area contributed by atoms with E-state index in [1.54, 1.807) is 24.3 Å². The first kappa shape index (κ1) is 23.6. The third kappa shape index (κ3) is 5.81. The Morgan fingerprint density at radius 1 is 1.12 bits per heavy atom. The van der Waals surface area contributed by atoms with Gasteiger partial charge in [-0.2, -0.15) is 0 Å². The van der Waals surface area contributed by atoms with E-state index < -0.39 is 5.97 Å². The van der Waals surface area contributed by atoms with Crippen LogP contribution >= 0.6 is 0 Å². The number of carbonyl (C=O) groups is 2. The minimum absolute atomic E-state index is 0.0207. The molecule has 1 aliphatic carbocycles. The Kier molecular flexibility index (Phi) is 8.14. The number of anilines is 2. The van der Waals surface area contributed by atoms with Gasteiger partial charge in [-0.1, -0.05) is 38.3 Å². The van der Waals surface area contributed by atoms with Gasteiger partial charge < -0.3 is 20.9 Å². The fourth-order valence-corrected chi connectivity index (χ4v) is 4.53. The second kappa shape index (κ2) is 11.0. The number of carbonyl (C=O) groups excluding carboxylic acids is 1. The summed E-state index contributed by atoms with van der Waals surface area (Å²) in [6, 6.07) is 11.2. The zero-order valence-electron chi connectivity index (χ0n) is 19.0. The predicted octanol–water partition coefficient (Wildman–Crippen LogP) is 5.94. The van der Waals surface area contributed by atoms with Gasteiger partial charge in [0.05, 0.1) is 18.0 Å². The molecule has 0 heterocycles. The van der Waals surface area contributed by atoms with Crippen LogP contribution in [0, 0.1) is 0 Å². The van der Waals surface area contributed by atoms with E-state index in [2.05, 4.69) is 11.4 Å². The minimum Gasteiger partial charge on any atom is -0.494 e. The molecule has 1 atom stereocenters. The summed E-state index contributed by atoms with van der Waals surface area (Å²) in [6.45, 7) is 4.47. The lowest BCUT2D eigenvalue weighted by atomic mass is 9.81. The minimum atomic E-state index is -0.821. The highest BCUT2D eigenvalue weighted by Gasteiger charge is 2.24. The number of hydrogen-bond acceptors (Lipinski definition) is 4. The normalized spacial score (nSPS) is 15.2. The van der Waals surface area contributed by atoms with Crippen LogP contribution in [0.4, 0.5) is 11.4 Å². The number of carboxylic acid groups (broad SMARTS) is 1. The molecule has 6 heteroatoms. The number of nitrogens with two attached hydrogens (primary N) is 1. The van der Waals surface area contributed by atoms with Crippen LogP contribution in [0.25, 0.3) is 0 Å². The number of ether oxygens (including phenoxy) is 1. The molecule has 0 radical (unpaired) electrons. The number of rotatable bonds is 9. The summed E-state index contributed by atoms with van der Waals surface area (Å²) >= 11 is 0. The summed E-state index contributed by atoms with van der Waals surface area (Å²) in [5, 5.41) is 12.1. The second-order valence-corrected chi connectivity index (χ2v) is 8.61. The van der Waals surface area contributed by atoms with E-state index in [0.29, 0.717) is 35.9 Å². The fourth-order valence-electron chi connectivity index (χ4n) is 4.53. The van der Waals surface area contributed by atoms with E-state index in [9.17, 15) is 9.59 Å². The smallest absolute Gasteiger partial charge is 0.303 e. The molecule has 0 saturated heterocycles. The highest BCUT2D eigenvalue weighted by Crippen LogP contribution is 2.42. The van der Waals surface area contributed by atoms with E-state index in [1.807, 2.05) is 19.9 Å². The summed E-state index contributed by atoms with van der Waals surface area (Å²) in [6.07, 6.45) is 6.33. The van der Waals surface area contributed by atoms with Crippen LogP contribution in [0.1, 0.15) is 92.1 Å². The van der Waals surface area contributed by atoms with Crippen molar-refractivity contribution in [3.05, 3.63) is 53.1 Å². The first-order chi connectivity index (χ1) is 15.4. The Bertz CT molecular complexity index is 934. The number of amides is 1. The van der Waals surface area contributed by atoms with Crippen LogP contribution in [0.15, 0.2) is 36.4 Å². The Morgan fingerprint density at radius 2 is 1.81 bits per heavy atom. The van der Waals surface area contributed by atoms with E-state index in [-0.39, 0.29) is 18.2 Å². The average molecular weight is 439 g/mol. The van der Waals surface area contributed by atoms with Crippen LogP contribution in [0.3, 0.4) is 0 Å². The van der Waals surface area contributed by atoms with Crippen molar-refractivity contribution >= 4 is 23.3 Å². The average Bonchev–Trinajstić information content (AvgIpc) is 2.80. The maximum atomic E-state index is 13.1. The lowest BCUT2D eigenvalue weighted by molar-refractivity contribution is -0.137. The number of benzene rings is 2. The summed E-state index contributed by atoms with van der Waals surface area (Å²) in [5.74, 6) is 0.0313. The van der Waals surface area contributed by atoms with Crippen molar-refractivity contribution < 1.29 is 19.4 Å². The lowest BCUT2D eigenvalue weighted by Crippen LogP contribution is -2.18. The summed E-state index contributed by atoms with van der Waals surface area (Å²) < 4.78 is 5.46. The topological polar surface area (TPSA) is 102 Å². The molecule has 6 nitrogen and oxygen atoms in total. The second-order valence-electron chi connectivity index (χ2n) is 8.61. The molecule has 3 rings (SSSR count). The molecule has 1 aliphatic rings. The Balaban J connectivity index is 1.91. The van der Waals surface area contributed by atoms with Crippen molar-refractivity contribution in [3.63, 3.8) is 0 Å². The van der Waals surface area contributed by atoms with Crippen LogP contribution in [-0.2, 0) is 4.79 Å². The van der Waals surface area contributed by atoms with Crippen molar-refractivity contribution in [1.82, 2.24) is 0 Å². The van der Waals surface area contributed by atoms with Crippen molar-refractivity contribution in [2.75, 3.05) is 17.7 Å². The number of nitrogen functional groups attached to an aromatic ring is 1. The maximum Gasteiger partial charge on any atom is 0.303 e. The van der Waals surface area contributed by atoms with Crippen LogP contribution in [-0.4, -0.2) is 23.6 Å². The van der Waals surface area contributed by atoms with Crippen molar-refractivity contribution in [3.8, 4) is 5.75 Å². The highest BCUT2D eigenvalue weighted by atomic mass is 16.5. The molecule has 1 amide bonds. The van der Waals surface area contributed by atoms with E-state index in [1.165, 1.54) is 19.3 Å². The molecule has 2 aromatic carbocycles. The first-order valence-electron chi connectivity index (χ1n) is 11.6. The molecule has 172 valence electrons. The molecule has 0 spiro atoms. The highest BCUT2D eigenvalue weighted by molar-refractivity contribution is 6.06. The van der Waals surface area contributed by atoms with Gasteiger partial charge in [0, 0.05) is 12.0 Å². The summed E-state index contributed by atoms with van der Waals surface area (Å²) in [7, 11) is 0. The molecule has 1 fully saturated rings. The van der Waals surface area contributed by atoms with E-state index >= 15 is 0 Å².